The van der Waals surface area contributed by atoms with Crippen LogP contribution in [0.3, 0.4) is 0 Å². The molecule has 0 aliphatic rings. The minimum atomic E-state index is -0.640. The minimum Gasteiger partial charge on any atom is -0.444 e. The van der Waals surface area contributed by atoms with Crippen LogP contribution in [-0.4, -0.2) is 28.2 Å². The van der Waals surface area contributed by atoms with Gasteiger partial charge in [0.25, 0.3) is 0 Å². The Morgan fingerprint density at radius 3 is 2.33 bits per heavy atom. The Morgan fingerprint density at radius 2 is 1.80 bits per heavy atom. The summed E-state index contributed by atoms with van der Waals surface area (Å²) in [4.78, 5) is 24.9. The van der Waals surface area contributed by atoms with E-state index in [1.54, 1.807) is 20.8 Å². The Bertz CT molecular complexity index is 837. The molecule has 0 saturated carbocycles. The van der Waals surface area contributed by atoms with Gasteiger partial charge in [0.15, 0.2) is 0 Å². The predicted octanol–water partition coefficient (Wildman–Crippen LogP) is 2.92. The van der Waals surface area contributed by atoms with Crippen molar-refractivity contribution in [3.63, 3.8) is 0 Å². The van der Waals surface area contributed by atoms with Crippen LogP contribution in [-0.2, 0) is 29.7 Å². The van der Waals surface area contributed by atoms with Gasteiger partial charge in [-0.1, -0.05) is 44.5 Å². The van der Waals surface area contributed by atoms with Crippen molar-refractivity contribution in [2.24, 2.45) is 13.0 Å². The van der Waals surface area contributed by atoms with Gasteiger partial charge in [-0.05, 0) is 37.8 Å². The summed E-state index contributed by atoms with van der Waals surface area (Å²) in [6.45, 7) is 10.5. The number of imidazole rings is 1. The lowest BCUT2D eigenvalue weighted by molar-refractivity contribution is -0.671. The molecule has 1 heterocycles. The summed E-state index contributed by atoms with van der Waals surface area (Å²) in [5.74, 6) is -0.220. The number of ether oxygens (including phenoxy) is 1. The summed E-state index contributed by atoms with van der Waals surface area (Å²) in [6.07, 6.45) is 6.25. The molecule has 2 amide bonds. The van der Waals surface area contributed by atoms with E-state index < -0.39 is 17.7 Å². The second-order valence-electron chi connectivity index (χ2n) is 8.80. The first-order valence-corrected chi connectivity index (χ1v) is 10.4. The zero-order chi connectivity index (χ0) is 22.3. The topological polar surface area (TPSA) is 76.2 Å². The van der Waals surface area contributed by atoms with Crippen molar-refractivity contribution in [3.8, 4) is 0 Å². The zero-order valence-corrected chi connectivity index (χ0v) is 18.9. The van der Waals surface area contributed by atoms with Crippen molar-refractivity contribution >= 4 is 12.0 Å². The molecular formula is C23H35N4O3+. The summed E-state index contributed by atoms with van der Waals surface area (Å²) in [5, 5.41) is 5.66. The number of aromatic nitrogens is 2. The van der Waals surface area contributed by atoms with Crippen molar-refractivity contribution in [2.45, 2.75) is 65.8 Å². The number of alkyl carbamates (subject to hydrolysis) is 1. The van der Waals surface area contributed by atoms with Crippen molar-refractivity contribution < 1.29 is 18.9 Å². The van der Waals surface area contributed by atoms with Crippen LogP contribution in [0.5, 0.6) is 0 Å². The highest BCUT2D eigenvalue weighted by Gasteiger charge is 2.28. The molecule has 2 atom stereocenters. The molecule has 2 rings (SSSR count). The van der Waals surface area contributed by atoms with Crippen molar-refractivity contribution in [3.05, 3.63) is 54.1 Å². The van der Waals surface area contributed by atoms with E-state index >= 15 is 0 Å². The highest BCUT2D eigenvalue weighted by molar-refractivity contribution is 5.85. The van der Waals surface area contributed by atoms with Gasteiger partial charge in [0.1, 0.15) is 30.6 Å². The van der Waals surface area contributed by atoms with Gasteiger partial charge in [0, 0.05) is 6.54 Å². The quantitative estimate of drug-likeness (QED) is 0.651. The van der Waals surface area contributed by atoms with Crippen molar-refractivity contribution in [1.82, 2.24) is 15.2 Å². The van der Waals surface area contributed by atoms with E-state index in [-0.39, 0.29) is 11.8 Å². The lowest BCUT2D eigenvalue weighted by atomic mass is 9.98. The van der Waals surface area contributed by atoms with Gasteiger partial charge in [-0.15, -0.1) is 0 Å². The number of hydrogen-bond donors (Lipinski definition) is 2. The van der Waals surface area contributed by atoms with Crippen LogP contribution in [0.4, 0.5) is 4.79 Å². The number of nitrogens with one attached hydrogen (secondary N) is 2. The lowest BCUT2D eigenvalue weighted by Crippen LogP contribution is -2.51. The Hall–Kier alpha value is -2.83. The molecule has 0 radical (unpaired) electrons. The van der Waals surface area contributed by atoms with Crippen LogP contribution in [0.15, 0.2) is 43.0 Å². The molecule has 2 N–H and O–H groups in total. The first kappa shape index (κ1) is 23.4. The Kier molecular flexibility index (Phi) is 8.03. The second-order valence-corrected chi connectivity index (χ2v) is 8.80. The summed E-state index contributed by atoms with van der Waals surface area (Å²) < 4.78 is 9.42. The van der Waals surface area contributed by atoms with Gasteiger partial charge >= 0.3 is 6.09 Å². The third kappa shape index (κ3) is 7.54. The van der Waals surface area contributed by atoms with Crippen molar-refractivity contribution in [2.75, 3.05) is 0 Å². The third-order valence-corrected chi connectivity index (χ3v) is 4.85. The molecule has 2 aromatic rings. The Labute approximate surface area is 179 Å². The molecule has 0 spiro atoms. The van der Waals surface area contributed by atoms with Crippen LogP contribution < -0.4 is 15.2 Å². The number of benzene rings is 1. The van der Waals surface area contributed by atoms with Crippen LogP contribution in [0, 0.1) is 5.92 Å². The normalized spacial score (nSPS) is 13.4. The van der Waals surface area contributed by atoms with E-state index in [1.807, 2.05) is 56.3 Å². The van der Waals surface area contributed by atoms with E-state index in [0.29, 0.717) is 6.54 Å². The van der Waals surface area contributed by atoms with Crippen LogP contribution in [0.1, 0.15) is 52.2 Å². The average Bonchev–Trinajstić information content (AvgIpc) is 3.08. The average molecular weight is 416 g/mol. The first-order chi connectivity index (χ1) is 14.1. The number of carbonyl (C=O) groups is 2. The first-order valence-electron chi connectivity index (χ1n) is 10.4. The molecule has 7 heteroatoms. The minimum absolute atomic E-state index is 0.0113. The lowest BCUT2D eigenvalue weighted by Gasteiger charge is -2.26. The third-order valence-electron chi connectivity index (χ3n) is 4.85. The summed E-state index contributed by atoms with van der Waals surface area (Å²) in [7, 11) is 1.99. The van der Waals surface area contributed by atoms with E-state index in [4.69, 9.17) is 4.74 Å². The summed E-state index contributed by atoms with van der Waals surface area (Å²) >= 11 is 0. The predicted molar refractivity (Wildman–Crippen MR) is 116 cm³/mol. The maximum atomic E-state index is 12.7. The molecule has 0 aliphatic heterocycles. The molecule has 0 saturated heterocycles. The number of hydrogen-bond acceptors (Lipinski definition) is 3. The van der Waals surface area contributed by atoms with Crippen LogP contribution in [0.2, 0.25) is 0 Å². The molecule has 30 heavy (non-hydrogen) atoms. The van der Waals surface area contributed by atoms with Gasteiger partial charge in [-0.25, -0.2) is 13.9 Å². The van der Waals surface area contributed by atoms with Crippen LogP contribution >= 0.6 is 0 Å². The summed E-state index contributed by atoms with van der Waals surface area (Å²) in [6, 6.07) is 7.51. The summed E-state index contributed by atoms with van der Waals surface area (Å²) in [5.41, 5.74) is 1.58. The Balaban J connectivity index is 1.92. The fraction of sp³-hybridized carbons (Fsp3) is 0.522. The molecule has 1 aromatic heterocycles. The highest BCUT2D eigenvalue weighted by Crippen LogP contribution is 2.12. The smallest absolute Gasteiger partial charge is 0.408 e. The van der Waals surface area contributed by atoms with E-state index in [1.165, 1.54) is 5.56 Å². The molecule has 0 aliphatic carbocycles. The molecule has 0 bridgehead atoms. The standard InChI is InChI=1S/C23H34N4O3/c1-7-17(2)20(25-22(29)30-23(3,4)5)21(28)24-14-18-8-10-19(11-9-18)15-27-13-12-26(6)16-27/h8-13,16-17,20H,7,14-15H2,1-6H3,(H-,24,25,28,29)/p+1/t17-,20-/m0/s1. The molecular weight excluding hydrogens is 380 g/mol. The van der Waals surface area contributed by atoms with Gasteiger partial charge in [0.05, 0.1) is 7.05 Å². The van der Waals surface area contributed by atoms with E-state index in [0.717, 1.165) is 18.5 Å². The molecule has 0 fully saturated rings. The SMILES string of the molecule is CC[C@H](C)[C@H](NC(=O)OC(C)(C)C)C(=O)NCc1ccc(Cn2cc[n+](C)c2)cc1. The maximum absolute atomic E-state index is 12.7. The monoisotopic (exact) mass is 415 g/mol. The van der Waals surface area contributed by atoms with Gasteiger partial charge in [0.2, 0.25) is 12.2 Å². The van der Waals surface area contributed by atoms with E-state index in [2.05, 4.69) is 27.3 Å². The van der Waals surface area contributed by atoms with Gasteiger partial charge in [-0.3, -0.25) is 4.79 Å². The maximum Gasteiger partial charge on any atom is 0.408 e. The number of nitrogens with zero attached hydrogens (tertiary/aromatic N) is 2. The molecule has 7 nitrogen and oxygen atoms in total. The molecule has 1 aromatic carbocycles. The van der Waals surface area contributed by atoms with Gasteiger partial charge < -0.3 is 15.4 Å². The van der Waals surface area contributed by atoms with E-state index in [9.17, 15) is 9.59 Å². The largest absolute Gasteiger partial charge is 0.444 e. The van der Waals surface area contributed by atoms with Crippen LogP contribution in [0.25, 0.3) is 0 Å². The van der Waals surface area contributed by atoms with Gasteiger partial charge in [-0.2, -0.15) is 0 Å². The number of amides is 2. The number of carbonyl (C=O) groups excluding carboxylic acids is 2. The fourth-order valence-corrected chi connectivity index (χ4v) is 3.00. The zero-order valence-electron chi connectivity index (χ0n) is 18.9. The molecule has 0 unspecified atom stereocenters. The number of aryl methyl sites for hydroxylation is 1. The Morgan fingerprint density at radius 1 is 1.17 bits per heavy atom. The van der Waals surface area contributed by atoms with Crippen molar-refractivity contribution in [1.29, 1.82) is 0 Å². The number of rotatable bonds is 8. The highest BCUT2D eigenvalue weighted by atomic mass is 16.6. The fourth-order valence-electron chi connectivity index (χ4n) is 3.00. The second kappa shape index (κ2) is 10.3. The molecule has 164 valence electrons.